The molecule has 0 saturated carbocycles. The lowest BCUT2D eigenvalue weighted by Gasteiger charge is -2.03. The molecule has 0 aliphatic carbocycles. The minimum Gasteiger partial charge on any atom is -0.374 e. The maximum Gasteiger partial charge on any atom is 0.137 e. The fourth-order valence-electron chi connectivity index (χ4n) is 0.523. The van der Waals surface area contributed by atoms with Crippen molar-refractivity contribution < 1.29 is 4.74 Å². The zero-order valence-electron chi connectivity index (χ0n) is 6.55. The van der Waals surface area contributed by atoms with E-state index in [4.69, 9.17) is 10.6 Å². The summed E-state index contributed by atoms with van der Waals surface area (Å²) >= 11 is 0. The number of aliphatic imine (C=N–C) groups is 1. The summed E-state index contributed by atoms with van der Waals surface area (Å²) in [6, 6.07) is 0. The van der Waals surface area contributed by atoms with Crippen LogP contribution in [0, 0.1) is 0 Å². The highest BCUT2D eigenvalue weighted by Crippen LogP contribution is 1.76. The van der Waals surface area contributed by atoms with E-state index < -0.39 is 0 Å². The van der Waals surface area contributed by atoms with Crippen molar-refractivity contribution in [2.24, 2.45) is 10.8 Å². The highest BCUT2D eigenvalue weighted by molar-refractivity contribution is 5.82. The number of nitrogens with two attached hydrogens (primary N) is 1. The predicted octanol–water partition coefficient (Wildman–Crippen LogP) is -0.0954. The molecule has 4 nitrogen and oxygen atoms in total. The highest BCUT2D eigenvalue weighted by Gasteiger charge is 1.92. The topological polar surface area (TPSA) is 59.6 Å². The third kappa shape index (κ3) is 4.29. The first-order valence-corrected chi connectivity index (χ1v) is 3.42. The summed E-state index contributed by atoms with van der Waals surface area (Å²) in [5, 5.41) is 0. The van der Waals surface area contributed by atoms with Gasteiger partial charge >= 0.3 is 0 Å². The molecule has 0 aromatic heterocycles. The molecule has 0 aromatic rings. The van der Waals surface area contributed by atoms with Crippen LogP contribution in [0.15, 0.2) is 4.99 Å². The molecule has 0 aromatic carbocycles. The summed E-state index contributed by atoms with van der Waals surface area (Å²) < 4.78 is 5.07. The number of amidine groups is 1. The lowest BCUT2D eigenvalue weighted by molar-refractivity contribution is 0.185. The van der Waals surface area contributed by atoms with Crippen molar-refractivity contribution in [2.45, 2.75) is 13.8 Å². The van der Waals surface area contributed by atoms with Gasteiger partial charge in [-0.3, -0.25) is 4.99 Å². The summed E-state index contributed by atoms with van der Waals surface area (Å²) in [5.41, 5.74) is 2.46. The third-order valence-electron chi connectivity index (χ3n) is 0.958. The highest BCUT2D eigenvalue weighted by atomic mass is 16.5. The molecule has 0 atom stereocenters. The second kappa shape index (κ2) is 6.51. The Morgan fingerprint density at radius 2 is 2.30 bits per heavy atom. The maximum atomic E-state index is 5.14. The summed E-state index contributed by atoms with van der Waals surface area (Å²) in [6.07, 6.45) is 0. The number of nitrogens with zero attached hydrogens (tertiary/aromatic N) is 1. The second-order valence-corrected chi connectivity index (χ2v) is 1.70. The molecule has 10 heavy (non-hydrogen) atoms. The number of ether oxygens (including phenoxy) is 1. The molecule has 0 amide bonds. The number of nitrogens with one attached hydrogen (secondary N) is 1. The van der Waals surface area contributed by atoms with Crippen molar-refractivity contribution >= 4 is 5.84 Å². The van der Waals surface area contributed by atoms with Crippen molar-refractivity contribution in [1.29, 1.82) is 0 Å². The fraction of sp³-hybridized carbons (Fsp3) is 0.833. The summed E-state index contributed by atoms with van der Waals surface area (Å²) in [4.78, 5) is 4.04. The monoisotopic (exact) mass is 145 g/mol. The van der Waals surface area contributed by atoms with E-state index in [1.54, 1.807) is 0 Å². The molecule has 0 saturated heterocycles. The Balaban J connectivity index is 3.49. The van der Waals surface area contributed by atoms with Crippen molar-refractivity contribution in [3.05, 3.63) is 0 Å². The van der Waals surface area contributed by atoms with Gasteiger partial charge in [0.1, 0.15) is 12.4 Å². The maximum absolute atomic E-state index is 5.14. The van der Waals surface area contributed by atoms with Crippen molar-refractivity contribution in [3.63, 3.8) is 0 Å². The Morgan fingerprint density at radius 3 is 2.70 bits per heavy atom. The largest absolute Gasteiger partial charge is 0.374 e. The van der Waals surface area contributed by atoms with E-state index >= 15 is 0 Å². The summed E-state index contributed by atoms with van der Waals surface area (Å²) in [5.74, 6) is 5.84. The van der Waals surface area contributed by atoms with Crippen molar-refractivity contribution in [2.75, 3.05) is 19.8 Å². The van der Waals surface area contributed by atoms with Gasteiger partial charge < -0.3 is 10.2 Å². The number of hydrogen-bond acceptors (Lipinski definition) is 3. The third-order valence-corrected chi connectivity index (χ3v) is 0.958. The smallest absolute Gasteiger partial charge is 0.137 e. The standard InChI is InChI=1S/C6H15N3O/c1-3-8-6(9-7)5-10-4-2/h3-5,7H2,1-2H3,(H,8,9). The summed E-state index contributed by atoms with van der Waals surface area (Å²) in [6.45, 7) is 5.77. The van der Waals surface area contributed by atoms with Gasteiger partial charge in [-0.1, -0.05) is 0 Å². The van der Waals surface area contributed by atoms with Crippen LogP contribution in [-0.4, -0.2) is 25.6 Å². The Kier molecular flexibility index (Phi) is 6.11. The fourth-order valence-corrected chi connectivity index (χ4v) is 0.523. The first-order valence-electron chi connectivity index (χ1n) is 3.42. The molecule has 0 aliphatic heterocycles. The molecule has 0 unspecified atom stereocenters. The van der Waals surface area contributed by atoms with Gasteiger partial charge in [0.2, 0.25) is 0 Å². The molecule has 60 valence electrons. The van der Waals surface area contributed by atoms with E-state index in [1.807, 2.05) is 13.8 Å². The van der Waals surface area contributed by atoms with Crippen LogP contribution < -0.4 is 11.3 Å². The lowest BCUT2D eigenvalue weighted by Crippen LogP contribution is -2.34. The molecular weight excluding hydrogens is 130 g/mol. The number of rotatable bonds is 4. The van der Waals surface area contributed by atoms with Gasteiger partial charge in [0.25, 0.3) is 0 Å². The van der Waals surface area contributed by atoms with Crippen molar-refractivity contribution in [1.82, 2.24) is 5.43 Å². The zero-order valence-corrected chi connectivity index (χ0v) is 6.55. The van der Waals surface area contributed by atoms with Gasteiger partial charge in [0, 0.05) is 13.2 Å². The molecule has 0 radical (unpaired) electrons. The van der Waals surface area contributed by atoms with Crippen LogP contribution in [-0.2, 0) is 4.74 Å². The Labute approximate surface area is 61.4 Å². The minimum atomic E-state index is 0.473. The molecule has 0 rings (SSSR count). The number of hydrogen-bond donors (Lipinski definition) is 2. The van der Waals surface area contributed by atoms with Crippen LogP contribution in [0.25, 0.3) is 0 Å². The quantitative estimate of drug-likeness (QED) is 0.251. The van der Waals surface area contributed by atoms with E-state index in [0.29, 0.717) is 19.0 Å². The Morgan fingerprint density at radius 1 is 1.60 bits per heavy atom. The molecule has 0 bridgehead atoms. The average Bonchev–Trinajstić information content (AvgIpc) is 1.98. The van der Waals surface area contributed by atoms with Gasteiger partial charge in [-0.25, -0.2) is 5.84 Å². The van der Waals surface area contributed by atoms with E-state index in [9.17, 15) is 0 Å². The SMILES string of the molecule is CCN=C(COCC)NN. The first kappa shape index (κ1) is 9.39. The van der Waals surface area contributed by atoms with Crippen LogP contribution in [0.3, 0.4) is 0 Å². The normalized spacial score (nSPS) is 11.7. The van der Waals surface area contributed by atoms with E-state index in [-0.39, 0.29) is 0 Å². The molecule has 0 aliphatic rings. The van der Waals surface area contributed by atoms with E-state index in [0.717, 1.165) is 6.54 Å². The minimum absolute atomic E-state index is 0.473. The van der Waals surface area contributed by atoms with Gasteiger partial charge in [-0.05, 0) is 13.8 Å². The number of hydrazine groups is 1. The summed E-state index contributed by atoms with van der Waals surface area (Å²) in [7, 11) is 0. The Hall–Kier alpha value is -0.610. The van der Waals surface area contributed by atoms with Gasteiger partial charge in [-0.2, -0.15) is 0 Å². The van der Waals surface area contributed by atoms with Gasteiger partial charge in [-0.15, -0.1) is 0 Å². The molecule has 0 fully saturated rings. The predicted molar refractivity (Wildman–Crippen MR) is 41.8 cm³/mol. The molecular formula is C6H15N3O. The molecule has 3 N–H and O–H groups in total. The Bertz CT molecular complexity index is 103. The van der Waals surface area contributed by atoms with Crippen LogP contribution >= 0.6 is 0 Å². The lowest BCUT2D eigenvalue weighted by atomic mass is 10.6. The van der Waals surface area contributed by atoms with Crippen LogP contribution in [0.1, 0.15) is 13.8 Å². The van der Waals surface area contributed by atoms with Crippen LogP contribution in [0.5, 0.6) is 0 Å². The van der Waals surface area contributed by atoms with Gasteiger partial charge in [0.05, 0.1) is 0 Å². The van der Waals surface area contributed by atoms with E-state index in [1.165, 1.54) is 0 Å². The second-order valence-electron chi connectivity index (χ2n) is 1.70. The molecule has 4 heteroatoms. The van der Waals surface area contributed by atoms with Crippen molar-refractivity contribution in [3.8, 4) is 0 Å². The van der Waals surface area contributed by atoms with Crippen LogP contribution in [0.4, 0.5) is 0 Å². The molecule has 0 spiro atoms. The molecule has 0 heterocycles. The van der Waals surface area contributed by atoms with Gasteiger partial charge in [0.15, 0.2) is 0 Å². The van der Waals surface area contributed by atoms with Crippen LogP contribution in [0.2, 0.25) is 0 Å². The van der Waals surface area contributed by atoms with E-state index in [2.05, 4.69) is 10.4 Å². The zero-order chi connectivity index (χ0) is 7.82. The average molecular weight is 145 g/mol. The first-order chi connectivity index (χ1) is 4.85.